The second-order valence-electron chi connectivity index (χ2n) is 2.52. The van der Waals surface area contributed by atoms with E-state index in [9.17, 15) is 5.11 Å². The molecule has 2 heteroatoms. The predicted molar refractivity (Wildman–Crippen MR) is 57.0 cm³/mol. The first-order valence-corrected chi connectivity index (χ1v) is 4.60. The molecule has 1 aliphatic heterocycles. The Morgan fingerprint density at radius 1 is 1.31 bits per heavy atom. The highest BCUT2D eigenvalue weighted by Crippen LogP contribution is 2.28. The number of rotatable bonds is 0. The molecule has 0 bridgehead atoms. The Hall–Kier alpha value is -1.44. The maximum absolute atomic E-state index is 9.37. The van der Waals surface area contributed by atoms with Crippen LogP contribution in [0.15, 0.2) is 24.3 Å². The molecule has 2 nitrogen and oxygen atoms in total. The first kappa shape index (κ1) is 9.65. The van der Waals surface area contributed by atoms with Crippen molar-refractivity contribution < 1.29 is 5.11 Å². The summed E-state index contributed by atoms with van der Waals surface area (Å²) in [4.78, 5) is 0. The van der Waals surface area contributed by atoms with Gasteiger partial charge in [0.05, 0.1) is 0 Å². The van der Waals surface area contributed by atoms with Crippen LogP contribution in [0.1, 0.15) is 19.4 Å². The van der Waals surface area contributed by atoms with Crippen LogP contribution in [0.5, 0.6) is 5.75 Å². The average Bonchev–Trinajstić information content (AvgIpc) is 2.22. The molecular formula is C11H15NO. The van der Waals surface area contributed by atoms with E-state index >= 15 is 0 Å². The molecule has 0 spiro atoms. The molecule has 0 fully saturated rings. The van der Waals surface area contributed by atoms with Crippen LogP contribution in [0.25, 0.3) is 6.08 Å². The third-order valence-electron chi connectivity index (χ3n) is 1.78. The number of phenols is 1. The molecule has 0 unspecified atom stereocenters. The van der Waals surface area contributed by atoms with Gasteiger partial charge in [0.15, 0.2) is 0 Å². The summed E-state index contributed by atoms with van der Waals surface area (Å²) >= 11 is 0. The Morgan fingerprint density at radius 2 is 2.08 bits per heavy atom. The van der Waals surface area contributed by atoms with Crippen LogP contribution in [0.3, 0.4) is 0 Å². The Bertz CT molecular complexity index is 305. The lowest BCUT2D eigenvalue weighted by Gasteiger charge is -2.12. The molecule has 1 heterocycles. The van der Waals surface area contributed by atoms with Gasteiger partial charge in [-0.2, -0.15) is 0 Å². The number of phenolic OH excluding ortho intramolecular Hbond substituents is 1. The molecule has 13 heavy (non-hydrogen) atoms. The predicted octanol–water partition coefficient (Wildman–Crippen LogP) is 2.86. The molecule has 1 aromatic rings. The van der Waals surface area contributed by atoms with E-state index in [4.69, 9.17) is 0 Å². The normalized spacial score (nSPS) is 12.2. The van der Waals surface area contributed by atoms with Crippen LogP contribution in [0, 0.1) is 0 Å². The summed E-state index contributed by atoms with van der Waals surface area (Å²) in [7, 11) is 0. The van der Waals surface area contributed by atoms with Crippen molar-refractivity contribution in [1.82, 2.24) is 0 Å². The van der Waals surface area contributed by atoms with Crippen LogP contribution in [-0.4, -0.2) is 11.7 Å². The molecule has 0 aromatic heterocycles. The van der Waals surface area contributed by atoms with Crippen molar-refractivity contribution in [3.63, 3.8) is 0 Å². The number of hydrogen-bond donors (Lipinski definition) is 2. The Morgan fingerprint density at radius 3 is 2.77 bits per heavy atom. The molecule has 0 saturated carbocycles. The van der Waals surface area contributed by atoms with Gasteiger partial charge in [0.1, 0.15) is 5.75 Å². The molecule has 0 aliphatic carbocycles. The third kappa shape index (κ3) is 2.02. The van der Waals surface area contributed by atoms with Gasteiger partial charge in [0.25, 0.3) is 0 Å². The number of hydrogen-bond acceptors (Lipinski definition) is 2. The van der Waals surface area contributed by atoms with E-state index < -0.39 is 0 Å². The van der Waals surface area contributed by atoms with E-state index in [0.29, 0.717) is 5.75 Å². The van der Waals surface area contributed by atoms with E-state index in [1.54, 1.807) is 6.07 Å². The SMILES string of the molecule is CC.Oc1cccc2c1C=CCN2. The van der Waals surface area contributed by atoms with Crippen molar-refractivity contribution in [3.8, 4) is 5.75 Å². The van der Waals surface area contributed by atoms with Gasteiger partial charge in [-0.1, -0.05) is 32.1 Å². The van der Waals surface area contributed by atoms with Gasteiger partial charge in [-0.3, -0.25) is 0 Å². The van der Waals surface area contributed by atoms with Gasteiger partial charge in [0.2, 0.25) is 0 Å². The fraction of sp³-hybridized carbons (Fsp3) is 0.273. The number of benzene rings is 1. The third-order valence-corrected chi connectivity index (χ3v) is 1.78. The molecule has 0 atom stereocenters. The summed E-state index contributed by atoms with van der Waals surface area (Å²) in [6.45, 7) is 4.84. The van der Waals surface area contributed by atoms with E-state index in [2.05, 4.69) is 5.32 Å². The summed E-state index contributed by atoms with van der Waals surface area (Å²) in [5.41, 5.74) is 1.89. The van der Waals surface area contributed by atoms with Crippen molar-refractivity contribution in [1.29, 1.82) is 0 Å². The summed E-state index contributed by atoms with van der Waals surface area (Å²) in [5.74, 6) is 0.339. The Balaban J connectivity index is 0.000000396. The molecule has 0 saturated heterocycles. The minimum atomic E-state index is 0.339. The Kier molecular flexibility index (Phi) is 3.38. The second-order valence-corrected chi connectivity index (χ2v) is 2.52. The highest BCUT2D eigenvalue weighted by molar-refractivity contribution is 5.74. The standard InChI is InChI=1S/C9H9NO.C2H6/c11-9-5-1-4-8-7(9)3-2-6-10-8;1-2/h1-5,10-11H,6H2;1-2H3. The quantitative estimate of drug-likeness (QED) is 0.638. The summed E-state index contributed by atoms with van der Waals surface area (Å²) in [6, 6.07) is 5.48. The van der Waals surface area contributed by atoms with Gasteiger partial charge < -0.3 is 10.4 Å². The lowest BCUT2D eigenvalue weighted by molar-refractivity contribution is 0.474. The average molecular weight is 177 g/mol. The molecule has 2 rings (SSSR count). The monoisotopic (exact) mass is 177 g/mol. The number of aromatic hydroxyl groups is 1. The van der Waals surface area contributed by atoms with Gasteiger partial charge in [-0.25, -0.2) is 0 Å². The summed E-state index contributed by atoms with van der Waals surface area (Å²) < 4.78 is 0. The topological polar surface area (TPSA) is 32.3 Å². The van der Waals surface area contributed by atoms with Crippen LogP contribution < -0.4 is 5.32 Å². The number of nitrogens with one attached hydrogen (secondary N) is 1. The maximum Gasteiger partial charge on any atom is 0.124 e. The maximum atomic E-state index is 9.37. The summed E-state index contributed by atoms with van der Waals surface area (Å²) in [6.07, 6.45) is 3.92. The zero-order chi connectivity index (χ0) is 9.68. The zero-order valence-electron chi connectivity index (χ0n) is 8.04. The summed E-state index contributed by atoms with van der Waals surface area (Å²) in [5, 5.41) is 12.5. The highest BCUT2D eigenvalue weighted by Gasteiger charge is 2.05. The van der Waals surface area contributed by atoms with Crippen LogP contribution >= 0.6 is 0 Å². The van der Waals surface area contributed by atoms with Crippen molar-refractivity contribution in [2.75, 3.05) is 11.9 Å². The smallest absolute Gasteiger partial charge is 0.124 e. The van der Waals surface area contributed by atoms with E-state index in [0.717, 1.165) is 17.8 Å². The van der Waals surface area contributed by atoms with Gasteiger partial charge in [-0.05, 0) is 12.1 Å². The van der Waals surface area contributed by atoms with E-state index in [1.165, 1.54) is 0 Å². The van der Waals surface area contributed by atoms with E-state index in [-0.39, 0.29) is 0 Å². The molecule has 0 amide bonds. The Labute approximate surface area is 78.9 Å². The zero-order valence-corrected chi connectivity index (χ0v) is 8.04. The molecular weight excluding hydrogens is 162 g/mol. The molecule has 70 valence electrons. The van der Waals surface area contributed by atoms with Gasteiger partial charge in [0, 0.05) is 17.8 Å². The largest absolute Gasteiger partial charge is 0.507 e. The van der Waals surface area contributed by atoms with Crippen molar-refractivity contribution in [2.45, 2.75) is 13.8 Å². The van der Waals surface area contributed by atoms with Crippen molar-refractivity contribution >= 4 is 11.8 Å². The number of anilines is 1. The lowest BCUT2D eigenvalue weighted by atomic mass is 10.1. The van der Waals surface area contributed by atoms with Crippen molar-refractivity contribution in [2.24, 2.45) is 0 Å². The molecule has 1 aliphatic rings. The fourth-order valence-electron chi connectivity index (χ4n) is 1.23. The van der Waals surface area contributed by atoms with Crippen molar-refractivity contribution in [3.05, 3.63) is 29.8 Å². The highest BCUT2D eigenvalue weighted by atomic mass is 16.3. The van der Waals surface area contributed by atoms with Crippen LogP contribution in [-0.2, 0) is 0 Å². The van der Waals surface area contributed by atoms with Gasteiger partial charge in [-0.15, -0.1) is 0 Å². The number of fused-ring (bicyclic) bond motifs is 1. The molecule has 2 N–H and O–H groups in total. The lowest BCUT2D eigenvalue weighted by Crippen LogP contribution is -2.03. The minimum Gasteiger partial charge on any atom is -0.507 e. The minimum absolute atomic E-state index is 0.339. The van der Waals surface area contributed by atoms with Gasteiger partial charge >= 0.3 is 0 Å². The van der Waals surface area contributed by atoms with Crippen LogP contribution in [0.4, 0.5) is 5.69 Å². The molecule has 1 aromatic carbocycles. The first-order chi connectivity index (χ1) is 6.38. The fourth-order valence-corrected chi connectivity index (χ4v) is 1.23. The second kappa shape index (κ2) is 4.55. The first-order valence-electron chi connectivity index (χ1n) is 4.60. The van der Waals surface area contributed by atoms with Crippen LogP contribution in [0.2, 0.25) is 0 Å². The molecule has 0 radical (unpaired) electrons. The van der Waals surface area contributed by atoms with E-state index in [1.807, 2.05) is 38.1 Å².